The third-order valence-electron chi connectivity index (χ3n) is 2.51. The lowest BCUT2D eigenvalue weighted by Gasteiger charge is -2.07. The van der Waals surface area contributed by atoms with Crippen LogP contribution in [0.2, 0.25) is 0 Å². The van der Waals surface area contributed by atoms with Crippen LogP contribution in [0.1, 0.15) is 26.3 Å². The van der Waals surface area contributed by atoms with Gasteiger partial charge in [0.2, 0.25) is 0 Å². The molecular formula is C11H9N3O4. The molecule has 0 aliphatic rings. The Morgan fingerprint density at radius 1 is 1.39 bits per heavy atom. The molecule has 0 atom stereocenters. The molecule has 0 radical (unpaired) electrons. The lowest BCUT2D eigenvalue weighted by Crippen LogP contribution is -2.12. The topological polar surface area (TPSA) is 116 Å². The summed E-state index contributed by atoms with van der Waals surface area (Å²) >= 11 is 0. The van der Waals surface area contributed by atoms with Crippen molar-refractivity contribution in [3.8, 4) is 0 Å². The first kappa shape index (κ1) is 11.8. The van der Waals surface area contributed by atoms with Crippen molar-refractivity contribution in [2.24, 2.45) is 0 Å². The largest absolute Gasteiger partial charge is 0.478 e. The van der Waals surface area contributed by atoms with Crippen molar-refractivity contribution >= 4 is 23.0 Å². The summed E-state index contributed by atoms with van der Waals surface area (Å²) in [4.78, 5) is 22.3. The van der Waals surface area contributed by atoms with Crippen molar-refractivity contribution in [3.05, 3.63) is 35.4 Å². The van der Waals surface area contributed by atoms with Gasteiger partial charge in [-0.25, -0.2) is 9.59 Å². The number of hydrogen-bond donors (Lipinski definition) is 3. The number of allylic oxidation sites excluding steroid dienone is 1. The van der Waals surface area contributed by atoms with Crippen molar-refractivity contribution in [2.75, 3.05) is 0 Å². The zero-order valence-electron chi connectivity index (χ0n) is 9.17. The van der Waals surface area contributed by atoms with Crippen LogP contribution in [0.3, 0.4) is 0 Å². The monoisotopic (exact) mass is 247 g/mol. The van der Waals surface area contributed by atoms with Crippen LogP contribution in [0, 0.1) is 0 Å². The van der Waals surface area contributed by atoms with Gasteiger partial charge >= 0.3 is 11.9 Å². The minimum atomic E-state index is -1.31. The summed E-state index contributed by atoms with van der Waals surface area (Å²) in [6, 6.07) is 1.22. The molecule has 2 aromatic rings. The van der Waals surface area contributed by atoms with Crippen molar-refractivity contribution in [3.63, 3.8) is 0 Å². The maximum absolute atomic E-state index is 11.2. The van der Waals surface area contributed by atoms with Gasteiger partial charge in [-0.05, 0) is 12.5 Å². The summed E-state index contributed by atoms with van der Waals surface area (Å²) < 4.78 is 0. The van der Waals surface area contributed by atoms with E-state index in [0.29, 0.717) is 16.6 Å². The Morgan fingerprint density at radius 2 is 2.11 bits per heavy atom. The van der Waals surface area contributed by atoms with E-state index in [-0.39, 0.29) is 17.5 Å². The van der Waals surface area contributed by atoms with E-state index in [9.17, 15) is 9.59 Å². The third kappa shape index (κ3) is 1.71. The normalized spacial score (nSPS) is 10.4. The molecule has 0 fully saturated rings. The Balaban J connectivity index is 2.90. The summed E-state index contributed by atoms with van der Waals surface area (Å²) in [6.07, 6.45) is 1.69. The molecular weight excluding hydrogens is 238 g/mol. The van der Waals surface area contributed by atoms with E-state index < -0.39 is 11.9 Å². The van der Waals surface area contributed by atoms with E-state index >= 15 is 0 Å². The minimum Gasteiger partial charge on any atom is -0.478 e. The molecule has 0 amide bonds. The van der Waals surface area contributed by atoms with Crippen molar-refractivity contribution in [1.29, 1.82) is 0 Å². The SMILES string of the molecule is C=CCc1c(C(=O)O)c(C(=O)O)cc2[nH]nnc12. The van der Waals surface area contributed by atoms with Crippen molar-refractivity contribution < 1.29 is 19.8 Å². The summed E-state index contributed by atoms with van der Waals surface area (Å²) in [5, 5.41) is 28.1. The third-order valence-corrected chi connectivity index (χ3v) is 2.51. The number of aromatic amines is 1. The van der Waals surface area contributed by atoms with Crippen LogP contribution in [0.4, 0.5) is 0 Å². The highest BCUT2D eigenvalue weighted by molar-refractivity contribution is 6.07. The van der Waals surface area contributed by atoms with Crippen LogP contribution in [-0.4, -0.2) is 37.6 Å². The number of carbonyl (C=O) groups is 2. The Bertz CT molecular complexity index is 660. The number of fused-ring (bicyclic) bond motifs is 1. The highest BCUT2D eigenvalue weighted by Crippen LogP contribution is 2.24. The smallest absolute Gasteiger partial charge is 0.336 e. The van der Waals surface area contributed by atoms with Gasteiger partial charge in [0, 0.05) is 5.56 Å². The molecule has 0 bridgehead atoms. The predicted molar refractivity (Wildman–Crippen MR) is 61.7 cm³/mol. The Kier molecular flexibility index (Phi) is 2.80. The van der Waals surface area contributed by atoms with E-state index in [0.717, 1.165) is 0 Å². The van der Waals surface area contributed by atoms with Gasteiger partial charge in [-0.2, -0.15) is 0 Å². The maximum atomic E-state index is 11.2. The summed E-state index contributed by atoms with van der Waals surface area (Å²) in [7, 11) is 0. The molecule has 0 spiro atoms. The predicted octanol–water partition coefficient (Wildman–Crippen LogP) is 1.08. The van der Waals surface area contributed by atoms with E-state index in [1.54, 1.807) is 0 Å². The number of aromatic carboxylic acids is 2. The summed E-state index contributed by atoms with van der Waals surface area (Å²) in [5.41, 5.74) is 0.453. The number of hydrogen-bond acceptors (Lipinski definition) is 4. The molecule has 1 aromatic carbocycles. The van der Waals surface area contributed by atoms with Crippen LogP contribution < -0.4 is 0 Å². The van der Waals surface area contributed by atoms with Crippen LogP contribution in [0.15, 0.2) is 18.7 Å². The summed E-state index contributed by atoms with van der Waals surface area (Å²) in [5.74, 6) is -2.62. The Labute approximate surface area is 101 Å². The fourth-order valence-corrected chi connectivity index (χ4v) is 1.81. The average Bonchev–Trinajstić information content (AvgIpc) is 2.76. The van der Waals surface area contributed by atoms with Crippen molar-refractivity contribution in [1.82, 2.24) is 15.4 Å². The molecule has 1 aromatic heterocycles. The molecule has 18 heavy (non-hydrogen) atoms. The second-order valence-electron chi connectivity index (χ2n) is 3.59. The number of aromatic nitrogens is 3. The highest BCUT2D eigenvalue weighted by atomic mass is 16.4. The van der Waals surface area contributed by atoms with Crippen molar-refractivity contribution in [2.45, 2.75) is 6.42 Å². The molecule has 7 heteroatoms. The molecule has 0 saturated heterocycles. The lowest BCUT2D eigenvalue weighted by molar-refractivity contribution is 0.0651. The van der Waals surface area contributed by atoms with Crippen LogP contribution >= 0.6 is 0 Å². The second kappa shape index (κ2) is 4.28. The van der Waals surface area contributed by atoms with Gasteiger partial charge in [0.05, 0.1) is 16.6 Å². The molecule has 1 heterocycles. The van der Waals surface area contributed by atoms with E-state index in [2.05, 4.69) is 22.0 Å². The quantitative estimate of drug-likeness (QED) is 0.696. The van der Waals surface area contributed by atoms with E-state index in [1.165, 1.54) is 12.1 Å². The van der Waals surface area contributed by atoms with E-state index in [4.69, 9.17) is 10.2 Å². The first-order chi connectivity index (χ1) is 8.56. The first-order valence-corrected chi connectivity index (χ1v) is 5.00. The number of benzene rings is 1. The number of nitrogens with zero attached hydrogens (tertiary/aromatic N) is 2. The van der Waals surface area contributed by atoms with Gasteiger partial charge < -0.3 is 10.2 Å². The van der Waals surface area contributed by atoms with Gasteiger partial charge in [0.1, 0.15) is 5.52 Å². The molecule has 0 saturated carbocycles. The van der Waals surface area contributed by atoms with Gasteiger partial charge in [0.25, 0.3) is 0 Å². The Morgan fingerprint density at radius 3 is 2.67 bits per heavy atom. The van der Waals surface area contributed by atoms with Gasteiger partial charge in [-0.15, -0.1) is 11.7 Å². The summed E-state index contributed by atoms with van der Waals surface area (Å²) in [6.45, 7) is 3.52. The zero-order chi connectivity index (χ0) is 13.3. The standard InChI is InChI=1S/C11H9N3O4/c1-2-3-5-8(11(17)18)6(10(15)16)4-7-9(5)13-14-12-7/h2,4H,1,3H2,(H,15,16)(H,17,18)(H,12,13,14). The van der Waals surface area contributed by atoms with E-state index in [1.807, 2.05) is 0 Å². The molecule has 2 rings (SSSR count). The molecule has 0 aliphatic carbocycles. The van der Waals surface area contributed by atoms with Crippen LogP contribution in [0.25, 0.3) is 11.0 Å². The van der Waals surface area contributed by atoms with Crippen LogP contribution in [-0.2, 0) is 6.42 Å². The minimum absolute atomic E-state index is 0.200. The second-order valence-corrected chi connectivity index (χ2v) is 3.59. The van der Waals surface area contributed by atoms with Gasteiger partial charge in [0.15, 0.2) is 0 Å². The van der Waals surface area contributed by atoms with Gasteiger partial charge in [-0.3, -0.25) is 5.10 Å². The molecule has 92 valence electrons. The number of rotatable bonds is 4. The number of carboxylic acid groups (broad SMARTS) is 2. The maximum Gasteiger partial charge on any atom is 0.336 e. The number of nitrogens with one attached hydrogen (secondary N) is 1. The number of H-pyrrole nitrogens is 1. The highest BCUT2D eigenvalue weighted by Gasteiger charge is 2.23. The fraction of sp³-hybridized carbons (Fsp3) is 0.0909. The number of carboxylic acids is 2. The molecule has 0 unspecified atom stereocenters. The Hall–Kier alpha value is -2.70. The molecule has 3 N–H and O–H groups in total. The fourth-order valence-electron chi connectivity index (χ4n) is 1.81. The molecule has 7 nitrogen and oxygen atoms in total. The zero-order valence-corrected chi connectivity index (χ0v) is 9.17. The first-order valence-electron chi connectivity index (χ1n) is 5.00. The van der Waals surface area contributed by atoms with Gasteiger partial charge in [-0.1, -0.05) is 11.3 Å². The molecule has 0 aliphatic heterocycles. The average molecular weight is 247 g/mol. The van der Waals surface area contributed by atoms with Crippen LogP contribution in [0.5, 0.6) is 0 Å². The lowest BCUT2D eigenvalue weighted by atomic mass is 9.97.